The molecular formula is C17H10O2. The highest BCUT2D eigenvalue weighted by Crippen LogP contribution is 2.29. The van der Waals surface area contributed by atoms with Crippen LogP contribution in [0.1, 0.15) is 0 Å². The number of furan rings is 1. The van der Waals surface area contributed by atoms with E-state index in [0.717, 1.165) is 32.5 Å². The Labute approximate surface area is 108 Å². The van der Waals surface area contributed by atoms with Gasteiger partial charge in [-0.05, 0) is 51.9 Å². The zero-order chi connectivity index (χ0) is 12.8. The Kier molecular flexibility index (Phi) is 2.00. The van der Waals surface area contributed by atoms with Gasteiger partial charge in [-0.3, -0.25) is 4.79 Å². The summed E-state index contributed by atoms with van der Waals surface area (Å²) in [7, 11) is 0. The molecule has 0 N–H and O–H groups in total. The van der Waals surface area contributed by atoms with Crippen molar-refractivity contribution >= 4 is 32.5 Å². The molecule has 0 aliphatic carbocycles. The van der Waals surface area contributed by atoms with Crippen LogP contribution in [0, 0.1) is 0 Å². The van der Waals surface area contributed by atoms with E-state index in [0.29, 0.717) is 0 Å². The highest BCUT2D eigenvalue weighted by molar-refractivity contribution is 6.15. The van der Waals surface area contributed by atoms with E-state index < -0.39 is 0 Å². The van der Waals surface area contributed by atoms with Crippen LogP contribution in [0.3, 0.4) is 0 Å². The van der Waals surface area contributed by atoms with Gasteiger partial charge in [-0.15, -0.1) is 0 Å². The molecule has 1 aromatic heterocycles. The summed E-state index contributed by atoms with van der Waals surface area (Å²) in [6, 6.07) is 17.2. The lowest BCUT2D eigenvalue weighted by molar-refractivity contribution is 0.616. The van der Waals surface area contributed by atoms with Crippen LogP contribution in [0.5, 0.6) is 0 Å². The van der Waals surface area contributed by atoms with Crippen LogP contribution in [0.4, 0.5) is 0 Å². The molecule has 90 valence electrons. The van der Waals surface area contributed by atoms with E-state index in [4.69, 9.17) is 4.42 Å². The van der Waals surface area contributed by atoms with Gasteiger partial charge in [-0.2, -0.15) is 0 Å². The van der Waals surface area contributed by atoms with E-state index >= 15 is 0 Å². The van der Waals surface area contributed by atoms with E-state index in [-0.39, 0.29) is 5.43 Å². The molecule has 0 saturated carbocycles. The fraction of sp³-hybridized carbons (Fsp3) is 0. The van der Waals surface area contributed by atoms with Gasteiger partial charge in [-0.25, -0.2) is 0 Å². The molecule has 2 nitrogen and oxygen atoms in total. The fourth-order valence-electron chi connectivity index (χ4n) is 2.65. The first kappa shape index (κ1) is 10.3. The Morgan fingerprint density at radius 2 is 1.58 bits per heavy atom. The average Bonchev–Trinajstić information content (AvgIpc) is 2.80. The molecule has 0 atom stereocenters. The Balaban J connectivity index is 2.34. The third-order valence-corrected chi connectivity index (χ3v) is 3.53. The fourth-order valence-corrected chi connectivity index (χ4v) is 2.65. The largest absolute Gasteiger partial charge is 0.464 e. The summed E-state index contributed by atoms with van der Waals surface area (Å²) in [5, 5.41) is 5.43. The molecule has 3 aromatic carbocycles. The molecule has 4 rings (SSSR count). The number of hydrogen-bond donors (Lipinski definition) is 0. The van der Waals surface area contributed by atoms with Crippen LogP contribution in [0.15, 0.2) is 70.1 Å². The predicted molar refractivity (Wildman–Crippen MR) is 77.5 cm³/mol. The van der Waals surface area contributed by atoms with E-state index in [9.17, 15) is 4.79 Å². The van der Waals surface area contributed by atoms with E-state index in [2.05, 4.69) is 12.1 Å². The van der Waals surface area contributed by atoms with Gasteiger partial charge >= 0.3 is 0 Å². The molecule has 0 spiro atoms. The van der Waals surface area contributed by atoms with Gasteiger partial charge in [0.1, 0.15) is 5.58 Å². The quantitative estimate of drug-likeness (QED) is 0.467. The third-order valence-electron chi connectivity index (χ3n) is 3.53. The summed E-state index contributed by atoms with van der Waals surface area (Å²) in [5.41, 5.74) is 0.912. The SMILES string of the molecule is O=c1ccc2c(ccc3c4ccoc4cccc23)c1. The standard InChI is InChI=1S/C17H10O2/c18-12-5-7-13-11(10-12)4-6-15-14(13)2-1-3-17-16(15)8-9-19-17/h1-10H. The molecule has 0 aliphatic heterocycles. The minimum atomic E-state index is 0.0422. The van der Waals surface area contributed by atoms with Crippen molar-refractivity contribution in [1.82, 2.24) is 0 Å². The molecule has 0 bridgehead atoms. The van der Waals surface area contributed by atoms with Gasteiger partial charge in [0.2, 0.25) is 0 Å². The zero-order valence-electron chi connectivity index (χ0n) is 10.1. The monoisotopic (exact) mass is 246 g/mol. The van der Waals surface area contributed by atoms with Crippen molar-refractivity contribution < 1.29 is 4.42 Å². The van der Waals surface area contributed by atoms with Crippen LogP contribution in [0.2, 0.25) is 0 Å². The van der Waals surface area contributed by atoms with Crippen molar-refractivity contribution in [1.29, 1.82) is 0 Å². The van der Waals surface area contributed by atoms with Crippen molar-refractivity contribution in [2.45, 2.75) is 0 Å². The maximum atomic E-state index is 11.4. The highest BCUT2D eigenvalue weighted by Gasteiger charge is 2.04. The first-order chi connectivity index (χ1) is 9.33. The lowest BCUT2D eigenvalue weighted by Gasteiger charge is -2.00. The van der Waals surface area contributed by atoms with Gasteiger partial charge in [0.05, 0.1) is 6.26 Å². The highest BCUT2D eigenvalue weighted by atomic mass is 16.3. The zero-order valence-corrected chi connectivity index (χ0v) is 10.1. The van der Waals surface area contributed by atoms with Crippen molar-refractivity contribution in [3.8, 4) is 0 Å². The molecular weight excluding hydrogens is 236 g/mol. The maximum absolute atomic E-state index is 11.4. The lowest BCUT2D eigenvalue weighted by Crippen LogP contribution is -1.94. The van der Waals surface area contributed by atoms with Crippen molar-refractivity contribution in [2.24, 2.45) is 0 Å². The molecule has 1 heterocycles. The number of hydrogen-bond acceptors (Lipinski definition) is 2. The van der Waals surface area contributed by atoms with Gasteiger partial charge in [0.25, 0.3) is 0 Å². The molecule has 0 radical (unpaired) electrons. The van der Waals surface area contributed by atoms with Crippen LogP contribution >= 0.6 is 0 Å². The number of rotatable bonds is 0. The summed E-state index contributed by atoms with van der Waals surface area (Å²) in [6.07, 6.45) is 1.70. The Hall–Kier alpha value is -2.61. The summed E-state index contributed by atoms with van der Waals surface area (Å²) < 4.78 is 5.47. The van der Waals surface area contributed by atoms with Gasteiger partial charge in [-0.1, -0.05) is 24.3 Å². The minimum absolute atomic E-state index is 0.0422. The second-order valence-corrected chi connectivity index (χ2v) is 4.63. The van der Waals surface area contributed by atoms with Gasteiger partial charge in [0, 0.05) is 5.39 Å². The second kappa shape index (κ2) is 3.69. The molecule has 0 saturated heterocycles. The molecule has 0 amide bonds. The van der Waals surface area contributed by atoms with E-state index in [1.807, 2.05) is 30.3 Å². The van der Waals surface area contributed by atoms with Crippen LogP contribution in [-0.4, -0.2) is 0 Å². The molecule has 0 aliphatic rings. The predicted octanol–water partition coefficient (Wildman–Crippen LogP) is 4.10. The van der Waals surface area contributed by atoms with Gasteiger partial charge < -0.3 is 4.42 Å². The Morgan fingerprint density at radius 1 is 0.737 bits per heavy atom. The molecule has 19 heavy (non-hydrogen) atoms. The normalized spacial score (nSPS) is 11.4. The molecule has 0 unspecified atom stereocenters. The molecule has 2 heteroatoms. The average molecular weight is 246 g/mol. The topological polar surface area (TPSA) is 30.2 Å². The first-order valence-corrected chi connectivity index (χ1v) is 6.16. The molecule has 0 fully saturated rings. The summed E-state index contributed by atoms with van der Waals surface area (Å²) in [6.45, 7) is 0. The Bertz CT molecular complexity index is 980. The summed E-state index contributed by atoms with van der Waals surface area (Å²) in [4.78, 5) is 11.4. The first-order valence-electron chi connectivity index (χ1n) is 6.16. The summed E-state index contributed by atoms with van der Waals surface area (Å²) >= 11 is 0. The van der Waals surface area contributed by atoms with Gasteiger partial charge in [0.15, 0.2) is 5.43 Å². The second-order valence-electron chi connectivity index (χ2n) is 4.63. The van der Waals surface area contributed by atoms with Crippen LogP contribution < -0.4 is 5.43 Å². The van der Waals surface area contributed by atoms with Crippen molar-refractivity contribution in [2.75, 3.05) is 0 Å². The third kappa shape index (κ3) is 1.47. The van der Waals surface area contributed by atoms with E-state index in [1.54, 1.807) is 18.4 Å². The lowest BCUT2D eigenvalue weighted by atomic mass is 10.0. The van der Waals surface area contributed by atoms with Crippen molar-refractivity contribution in [3.63, 3.8) is 0 Å². The summed E-state index contributed by atoms with van der Waals surface area (Å²) in [5.74, 6) is 0. The van der Waals surface area contributed by atoms with Crippen molar-refractivity contribution in [3.05, 3.63) is 71.1 Å². The number of benzene rings is 2. The minimum Gasteiger partial charge on any atom is -0.464 e. The van der Waals surface area contributed by atoms with E-state index in [1.165, 1.54) is 0 Å². The van der Waals surface area contributed by atoms with Crippen LogP contribution in [-0.2, 0) is 0 Å². The maximum Gasteiger partial charge on any atom is 0.179 e. The number of fused-ring (bicyclic) bond motifs is 5. The Morgan fingerprint density at radius 3 is 2.53 bits per heavy atom. The molecule has 4 aromatic rings. The smallest absolute Gasteiger partial charge is 0.179 e. The van der Waals surface area contributed by atoms with Crippen LogP contribution in [0.25, 0.3) is 32.5 Å².